The van der Waals surface area contributed by atoms with Crippen molar-refractivity contribution in [3.63, 3.8) is 0 Å². The first-order valence-corrected chi connectivity index (χ1v) is 10.7. The fraction of sp³-hybridized carbons (Fsp3) is 0.913. The first-order valence-electron chi connectivity index (χ1n) is 10.7. The third-order valence-corrected chi connectivity index (χ3v) is 6.51. The Labute approximate surface area is 161 Å². The van der Waals surface area contributed by atoms with Crippen LogP contribution >= 0.6 is 0 Å². The molecule has 0 atom stereocenters. The molecule has 0 unspecified atom stereocenters. The molecule has 0 aromatic heterocycles. The number of carbonyl (C=O) groups excluding carboxylic acids is 2. The van der Waals surface area contributed by atoms with E-state index in [4.69, 9.17) is 0 Å². The molecular weight excluding hydrogens is 322 g/mol. The van der Waals surface area contributed by atoms with Crippen LogP contribution in [0.2, 0.25) is 0 Å². The SMILES string of the molecule is CC(C)(C)CC1CCC(C(=O)N2CCC(C)(C(=O)C(C)(C)C)CC2)CC1. The standard InChI is InChI=1S/C23H41NO2/c1-21(2,3)16-17-8-10-18(11-9-17)19(25)24-14-12-23(7,13-15-24)20(26)22(4,5)6/h17-18H,8-16H2,1-7H3. The Bertz CT molecular complexity index is 507. The van der Waals surface area contributed by atoms with Gasteiger partial charge in [-0.2, -0.15) is 0 Å². The number of piperidine rings is 1. The van der Waals surface area contributed by atoms with Gasteiger partial charge in [-0.05, 0) is 56.3 Å². The van der Waals surface area contributed by atoms with Crippen LogP contribution in [0.4, 0.5) is 0 Å². The van der Waals surface area contributed by atoms with Crippen LogP contribution in [0.15, 0.2) is 0 Å². The molecule has 2 aliphatic rings. The number of amides is 1. The predicted octanol–water partition coefficient (Wildman–Crippen LogP) is 5.47. The Kier molecular flexibility index (Phi) is 6.30. The van der Waals surface area contributed by atoms with Crippen molar-refractivity contribution in [2.24, 2.45) is 28.1 Å². The molecule has 150 valence electrons. The van der Waals surface area contributed by atoms with E-state index >= 15 is 0 Å². The van der Waals surface area contributed by atoms with Gasteiger partial charge in [0.1, 0.15) is 5.78 Å². The molecule has 26 heavy (non-hydrogen) atoms. The number of carbonyl (C=O) groups is 2. The maximum absolute atomic E-state index is 13.0. The van der Waals surface area contributed by atoms with E-state index < -0.39 is 0 Å². The fourth-order valence-electron chi connectivity index (χ4n) is 5.09. The van der Waals surface area contributed by atoms with Crippen LogP contribution in [0, 0.1) is 28.1 Å². The summed E-state index contributed by atoms with van der Waals surface area (Å²) < 4.78 is 0. The minimum absolute atomic E-state index is 0.217. The van der Waals surface area contributed by atoms with Crippen LogP contribution in [0.3, 0.4) is 0 Å². The van der Waals surface area contributed by atoms with Gasteiger partial charge in [0.2, 0.25) is 5.91 Å². The monoisotopic (exact) mass is 363 g/mol. The number of likely N-dealkylation sites (tertiary alicyclic amines) is 1. The summed E-state index contributed by atoms with van der Waals surface area (Å²) in [5.41, 5.74) is -0.176. The number of Topliss-reactive ketones (excluding diaryl/α,β-unsaturated/α-hetero) is 1. The molecule has 0 spiro atoms. The highest BCUT2D eigenvalue weighted by molar-refractivity contribution is 5.89. The van der Waals surface area contributed by atoms with Crippen LogP contribution in [-0.4, -0.2) is 29.7 Å². The first kappa shape index (κ1) is 21.4. The van der Waals surface area contributed by atoms with E-state index in [1.807, 2.05) is 25.7 Å². The lowest BCUT2D eigenvalue weighted by molar-refractivity contribution is -0.145. The first-order chi connectivity index (χ1) is 11.8. The molecule has 1 aliphatic carbocycles. The molecule has 0 aromatic rings. The number of nitrogens with zero attached hydrogens (tertiary/aromatic N) is 1. The molecular formula is C23H41NO2. The van der Waals surface area contributed by atoms with Crippen molar-refractivity contribution in [3.8, 4) is 0 Å². The van der Waals surface area contributed by atoms with Crippen molar-refractivity contribution in [1.82, 2.24) is 4.90 Å². The van der Waals surface area contributed by atoms with Crippen LogP contribution in [-0.2, 0) is 9.59 Å². The van der Waals surface area contributed by atoms with Crippen LogP contribution in [0.25, 0.3) is 0 Å². The third kappa shape index (κ3) is 5.33. The lowest BCUT2D eigenvalue weighted by atomic mass is 9.68. The normalized spacial score (nSPS) is 27.3. The molecule has 0 radical (unpaired) electrons. The molecule has 1 amide bonds. The summed E-state index contributed by atoms with van der Waals surface area (Å²) >= 11 is 0. The van der Waals surface area contributed by atoms with Crippen molar-refractivity contribution in [1.29, 1.82) is 0 Å². The van der Waals surface area contributed by atoms with Gasteiger partial charge in [0.15, 0.2) is 0 Å². The summed E-state index contributed by atoms with van der Waals surface area (Å²) in [6.45, 7) is 16.6. The second kappa shape index (κ2) is 7.64. The van der Waals surface area contributed by atoms with Crippen molar-refractivity contribution in [2.75, 3.05) is 13.1 Å². The minimum Gasteiger partial charge on any atom is -0.342 e. The Balaban J connectivity index is 1.85. The van der Waals surface area contributed by atoms with E-state index in [1.165, 1.54) is 19.3 Å². The highest BCUT2D eigenvalue weighted by Crippen LogP contribution is 2.40. The summed E-state index contributed by atoms with van der Waals surface area (Å²) in [7, 11) is 0. The van der Waals surface area contributed by atoms with Gasteiger partial charge in [0.25, 0.3) is 0 Å². The van der Waals surface area contributed by atoms with E-state index in [0.717, 1.165) is 44.7 Å². The van der Waals surface area contributed by atoms with Gasteiger partial charge in [-0.15, -0.1) is 0 Å². The Morgan fingerprint density at radius 3 is 1.85 bits per heavy atom. The summed E-state index contributed by atoms with van der Waals surface area (Å²) in [6.07, 6.45) is 7.39. The molecule has 1 saturated carbocycles. The van der Waals surface area contributed by atoms with E-state index in [2.05, 4.69) is 27.7 Å². The number of hydrogen-bond donors (Lipinski definition) is 0. The number of hydrogen-bond acceptors (Lipinski definition) is 2. The molecule has 3 nitrogen and oxygen atoms in total. The fourth-order valence-corrected chi connectivity index (χ4v) is 5.09. The zero-order chi connectivity index (χ0) is 19.8. The number of rotatable bonds is 3. The molecule has 1 saturated heterocycles. The maximum Gasteiger partial charge on any atom is 0.225 e. The second-order valence-electron chi connectivity index (χ2n) is 11.4. The predicted molar refractivity (Wildman–Crippen MR) is 108 cm³/mol. The average molecular weight is 364 g/mol. The summed E-state index contributed by atoms with van der Waals surface area (Å²) in [6, 6.07) is 0. The van der Waals surface area contributed by atoms with Gasteiger partial charge in [-0.25, -0.2) is 0 Å². The van der Waals surface area contributed by atoms with E-state index in [0.29, 0.717) is 17.1 Å². The Hall–Kier alpha value is -0.860. The highest BCUT2D eigenvalue weighted by atomic mass is 16.2. The maximum atomic E-state index is 13.0. The van der Waals surface area contributed by atoms with Gasteiger partial charge in [-0.1, -0.05) is 48.5 Å². The van der Waals surface area contributed by atoms with Gasteiger partial charge in [0, 0.05) is 29.8 Å². The topological polar surface area (TPSA) is 37.4 Å². The molecule has 0 bridgehead atoms. The largest absolute Gasteiger partial charge is 0.342 e. The lowest BCUT2D eigenvalue weighted by Crippen LogP contribution is -2.49. The molecule has 0 N–H and O–H groups in total. The van der Waals surface area contributed by atoms with E-state index in [-0.39, 0.29) is 16.7 Å². The van der Waals surface area contributed by atoms with E-state index in [9.17, 15) is 9.59 Å². The zero-order valence-electron chi connectivity index (χ0n) is 18.3. The summed E-state index contributed by atoms with van der Waals surface area (Å²) in [5.74, 6) is 1.70. The third-order valence-electron chi connectivity index (χ3n) is 6.51. The summed E-state index contributed by atoms with van der Waals surface area (Å²) in [4.78, 5) is 27.8. The van der Waals surface area contributed by atoms with Crippen molar-refractivity contribution in [2.45, 2.75) is 93.4 Å². The van der Waals surface area contributed by atoms with Gasteiger partial charge in [-0.3, -0.25) is 9.59 Å². The molecule has 3 heteroatoms. The molecule has 0 aromatic carbocycles. The minimum atomic E-state index is -0.299. The second-order valence-corrected chi connectivity index (χ2v) is 11.4. The van der Waals surface area contributed by atoms with Crippen LogP contribution in [0.5, 0.6) is 0 Å². The van der Waals surface area contributed by atoms with Crippen molar-refractivity contribution in [3.05, 3.63) is 0 Å². The molecule has 1 aliphatic heterocycles. The molecule has 1 heterocycles. The van der Waals surface area contributed by atoms with Gasteiger partial charge in [0.05, 0.1) is 0 Å². The smallest absolute Gasteiger partial charge is 0.225 e. The van der Waals surface area contributed by atoms with Gasteiger partial charge < -0.3 is 4.90 Å². The Morgan fingerprint density at radius 1 is 0.923 bits per heavy atom. The molecule has 2 rings (SSSR count). The quantitative estimate of drug-likeness (QED) is 0.666. The highest BCUT2D eigenvalue weighted by Gasteiger charge is 2.43. The Morgan fingerprint density at radius 2 is 1.42 bits per heavy atom. The molecule has 2 fully saturated rings. The van der Waals surface area contributed by atoms with Crippen molar-refractivity contribution >= 4 is 11.7 Å². The zero-order valence-corrected chi connectivity index (χ0v) is 18.3. The van der Waals surface area contributed by atoms with E-state index in [1.54, 1.807) is 0 Å². The lowest BCUT2D eigenvalue weighted by Gasteiger charge is -2.42. The average Bonchev–Trinajstić information content (AvgIpc) is 2.52. The van der Waals surface area contributed by atoms with Crippen LogP contribution in [0.1, 0.15) is 93.4 Å². The van der Waals surface area contributed by atoms with Crippen LogP contribution < -0.4 is 0 Å². The number of ketones is 1. The summed E-state index contributed by atoms with van der Waals surface area (Å²) in [5, 5.41) is 0. The van der Waals surface area contributed by atoms with Gasteiger partial charge >= 0.3 is 0 Å². The van der Waals surface area contributed by atoms with Crippen molar-refractivity contribution < 1.29 is 9.59 Å².